The lowest BCUT2D eigenvalue weighted by molar-refractivity contribution is 0.190. The van der Waals surface area contributed by atoms with Crippen molar-refractivity contribution in [1.29, 1.82) is 0 Å². The second kappa shape index (κ2) is 8.00. The largest absolute Gasteiger partial charge is 0.378 e. The molecule has 0 radical (unpaired) electrons. The van der Waals surface area contributed by atoms with Gasteiger partial charge in [-0.2, -0.15) is 0 Å². The molecular weight excluding hydrogens is 362 g/mol. The van der Waals surface area contributed by atoms with Crippen LogP contribution in [0.3, 0.4) is 0 Å². The van der Waals surface area contributed by atoms with Gasteiger partial charge in [0.15, 0.2) is 9.84 Å². The van der Waals surface area contributed by atoms with Gasteiger partial charge in [0.25, 0.3) is 0 Å². The van der Waals surface area contributed by atoms with Crippen molar-refractivity contribution >= 4 is 27.2 Å². The quantitative estimate of drug-likeness (QED) is 0.856. The lowest BCUT2D eigenvalue weighted by Crippen LogP contribution is -2.43. The van der Waals surface area contributed by atoms with Crippen molar-refractivity contribution in [2.75, 3.05) is 35.8 Å². The molecule has 2 aromatic rings. The highest BCUT2D eigenvalue weighted by atomic mass is 32.2. The highest BCUT2D eigenvalue weighted by Gasteiger charge is 2.34. The molecule has 0 spiro atoms. The summed E-state index contributed by atoms with van der Waals surface area (Å²) in [6.45, 7) is 0.368. The monoisotopic (exact) mass is 387 g/mol. The average Bonchev–Trinajstić information content (AvgIpc) is 3.00. The van der Waals surface area contributed by atoms with Crippen LogP contribution in [0, 0.1) is 0 Å². The fourth-order valence-corrected chi connectivity index (χ4v) is 4.93. The van der Waals surface area contributed by atoms with Crippen LogP contribution in [0.1, 0.15) is 12.0 Å². The van der Waals surface area contributed by atoms with E-state index < -0.39 is 9.84 Å². The molecule has 0 bridgehead atoms. The molecule has 1 N–H and O–H groups in total. The van der Waals surface area contributed by atoms with E-state index in [0.29, 0.717) is 18.7 Å². The van der Waals surface area contributed by atoms with E-state index in [2.05, 4.69) is 5.32 Å². The minimum absolute atomic E-state index is 0.0188. The summed E-state index contributed by atoms with van der Waals surface area (Å²) in [4.78, 5) is 16.6. The number of carbonyl (C=O) groups is 1. The van der Waals surface area contributed by atoms with Crippen molar-refractivity contribution in [1.82, 2.24) is 4.90 Å². The van der Waals surface area contributed by atoms with Gasteiger partial charge in [-0.15, -0.1) is 0 Å². The lowest BCUT2D eigenvalue weighted by Gasteiger charge is -2.29. The van der Waals surface area contributed by atoms with E-state index in [1.807, 2.05) is 73.6 Å². The Balaban J connectivity index is 1.80. The van der Waals surface area contributed by atoms with Gasteiger partial charge in [0.05, 0.1) is 11.5 Å². The third-order valence-corrected chi connectivity index (χ3v) is 6.49. The summed E-state index contributed by atoms with van der Waals surface area (Å²) in [5.74, 6) is 0.150. The van der Waals surface area contributed by atoms with Gasteiger partial charge in [-0.05, 0) is 36.2 Å². The number of carbonyl (C=O) groups excluding carboxylic acids is 1. The minimum atomic E-state index is -3.09. The molecule has 1 aliphatic rings. The summed E-state index contributed by atoms with van der Waals surface area (Å²) in [6, 6.07) is 16.5. The van der Waals surface area contributed by atoms with Gasteiger partial charge < -0.3 is 15.1 Å². The Labute approximate surface area is 160 Å². The van der Waals surface area contributed by atoms with Crippen LogP contribution in [0.2, 0.25) is 0 Å². The summed E-state index contributed by atoms with van der Waals surface area (Å²) in [6.07, 6.45) is 0.473. The van der Waals surface area contributed by atoms with Crippen LogP contribution < -0.4 is 10.2 Å². The number of anilines is 2. The molecule has 144 valence electrons. The SMILES string of the molecule is CN(C)c1ccc(CN(C(=O)Nc2ccccc2)C2CCS(=O)(=O)C2)cc1. The number of rotatable bonds is 5. The van der Waals surface area contributed by atoms with E-state index >= 15 is 0 Å². The predicted octanol–water partition coefficient (Wildman–Crippen LogP) is 2.97. The number of para-hydroxylation sites is 1. The molecule has 0 saturated carbocycles. The molecule has 1 aliphatic heterocycles. The second-order valence-electron chi connectivity index (χ2n) is 7.04. The van der Waals surface area contributed by atoms with Crippen LogP contribution in [0.5, 0.6) is 0 Å². The third-order valence-electron chi connectivity index (χ3n) is 4.74. The number of sulfone groups is 1. The molecule has 2 amide bonds. The summed E-state index contributed by atoms with van der Waals surface area (Å²) in [5.41, 5.74) is 2.73. The van der Waals surface area contributed by atoms with Crippen LogP contribution in [-0.2, 0) is 16.4 Å². The normalized spacial score (nSPS) is 18.1. The molecule has 0 aliphatic carbocycles. The van der Waals surface area contributed by atoms with Gasteiger partial charge in [-0.3, -0.25) is 0 Å². The zero-order chi connectivity index (χ0) is 19.4. The summed E-state index contributed by atoms with van der Waals surface area (Å²) < 4.78 is 23.9. The van der Waals surface area contributed by atoms with Gasteiger partial charge in [0.2, 0.25) is 0 Å². The first-order valence-corrected chi connectivity index (χ1v) is 10.8. The van der Waals surface area contributed by atoms with Crippen LogP contribution >= 0.6 is 0 Å². The molecule has 27 heavy (non-hydrogen) atoms. The van der Waals surface area contributed by atoms with E-state index in [0.717, 1.165) is 11.3 Å². The van der Waals surface area contributed by atoms with E-state index in [1.165, 1.54) is 0 Å². The van der Waals surface area contributed by atoms with Crippen molar-refractivity contribution in [3.05, 3.63) is 60.2 Å². The van der Waals surface area contributed by atoms with Crippen molar-refractivity contribution < 1.29 is 13.2 Å². The van der Waals surface area contributed by atoms with E-state index in [1.54, 1.807) is 4.90 Å². The zero-order valence-electron chi connectivity index (χ0n) is 15.6. The maximum atomic E-state index is 12.9. The summed E-state index contributed by atoms with van der Waals surface area (Å²) in [7, 11) is 0.855. The van der Waals surface area contributed by atoms with E-state index in [4.69, 9.17) is 0 Å². The molecule has 0 aromatic heterocycles. The molecule has 1 atom stereocenters. The molecule has 6 nitrogen and oxygen atoms in total. The fraction of sp³-hybridized carbons (Fsp3) is 0.350. The first-order chi connectivity index (χ1) is 12.8. The van der Waals surface area contributed by atoms with Crippen molar-refractivity contribution in [3.63, 3.8) is 0 Å². The second-order valence-corrected chi connectivity index (χ2v) is 9.27. The highest BCUT2D eigenvalue weighted by molar-refractivity contribution is 7.91. The van der Waals surface area contributed by atoms with Gasteiger partial charge in [0.1, 0.15) is 0 Å². The van der Waals surface area contributed by atoms with Gasteiger partial charge in [-0.25, -0.2) is 13.2 Å². The minimum Gasteiger partial charge on any atom is -0.378 e. The molecule has 2 aromatic carbocycles. The zero-order valence-corrected chi connectivity index (χ0v) is 16.4. The van der Waals surface area contributed by atoms with Crippen molar-refractivity contribution in [3.8, 4) is 0 Å². The van der Waals surface area contributed by atoms with Crippen molar-refractivity contribution in [2.45, 2.75) is 19.0 Å². The Morgan fingerprint density at radius 3 is 2.30 bits per heavy atom. The maximum Gasteiger partial charge on any atom is 0.322 e. The number of hydrogen-bond donors (Lipinski definition) is 1. The third kappa shape index (κ3) is 5.01. The van der Waals surface area contributed by atoms with E-state index in [9.17, 15) is 13.2 Å². The van der Waals surface area contributed by atoms with Gasteiger partial charge >= 0.3 is 6.03 Å². The molecule has 1 fully saturated rings. The Morgan fingerprint density at radius 2 is 1.74 bits per heavy atom. The Bertz CT molecular complexity index is 880. The van der Waals surface area contributed by atoms with Crippen LogP contribution in [0.15, 0.2) is 54.6 Å². The number of urea groups is 1. The first-order valence-electron chi connectivity index (χ1n) is 8.93. The standard InChI is InChI=1S/C20H25N3O3S/c1-22(2)18-10-8-16(9-11-18)14-23(19-12-13-27(25,26)15-19)20(24)21-17-6-4-3-5-7-17/h3-11,19H,12-15H2,1-2H3,(H,21,24). The van der Waals surface area contributed by atoms with Crippen LogP contribution in [-0.4, -0.2) is 51.0 Å². The summed E-state index contributed by atoms with van der Waals surface area (Å²) >= 11 is 0. The van der Waals surface area contributed by atoms with E-state index in [-0.39, 0.29) is 23.6 Å². The lowest BCUT2D eigenvalue weighted by atomic mass is 10.1. The van der Waals surface area contributed by atoms with Crippen LogP contribution in [0.4, 0.5) is 16.2 Å². The van der Waals surface area contributed by atoms with Gasteiger partial charge in [-0.1, -0.05) is 30.3 Å². The Morgan fingerprint density at radius 1 is 1.07 bits per heavy atom. The summed E-state index contributed by atoms with van der Waals surface area (Å²) in [5, 5.41) is 2.88. The smallest absolute Gasteiger partial charge is 0.322 e. The first kappa shape index (κ1) is 19.2. The molecule has 7 heteroatoms. The number of nitrogens with zero attached hydrogens (tertiary/aromatic N) is 2. The number of benzene rings is 2. The van der Waals surface area contributed by atoms with Crippen LogP contribution in [0.25, 0.3) is 0 Å². The molecule has 1 saturated heterocycles. The number of hydrogen-bond acceptors (Lipinski definition) is 4. The maximum absolute atomic E-state index is 12.9. The topological polar surface area (TPSA) is 69.7 Å². The fourth-order valence-electron chi connectivity index (χ4n) is 3.20. The average molecular weight is 388 g/mol. The predicted molar refractivity (Wildman–Crippen MR) is 109 cm³/mol. The Kier molecular flexibility index (Phi) is 5.70. The Hall–Kier alpha value is -2.54. The molecule has 3 rings (SSSR count). The molecule has 1 heterocycles. The number of amides is 2. The number of nitrogens with one attached hydrogen (secondary N) is 1. The molecular formula is C20H25N3O3S. The highest BCUT2D eigenvalue weighted by Crippen LogP contribution is 2.22. The van der Waals surface area contributed by atoms with Crippen molar-refractivity contribution in [2.24, 2.45) is 0 Å². The van der Waals surface area contributed by atoms with Gasteiger partial charge in [0, 0.05) is 38.1 Å². The molecule has 1 unspecified atom stereocenters.